The molecule has 6 heteroatoms. The number of hydrogen-bond donors (Lipinski definition) is 3. The molecule has 0 bridgehead atoms. The Balaban J connectivity index is 2.66. The van der Waals surface area contributed by atoms with Gasteiger partial charge in [-0.3, -0.25) is 9.98 Å². The van der Waals surface area contributed by atoms with Crippen molar-refractivity contribution in [2.24, 2.45) is 10.9 Å². The van der Waals surface area contributed by atoms with Crippen LogP contribution >= 0.6 is 0 Å². The van der Waals surface area contributed by atoms with Gasteiger partial charge in [0.05, 0.1) is 18.2 Å². The minimum atomic E-state index is -0.975. The lowest BCUT2D eigenvalue weighted by Gasteiger charge is -2.10. The quantitative estimate of drug-likeness (QED) is 0.530. The fraction of sp³-hybridized carbons (Fsp3) is 0.364. The first kappa shape index (κ1) is 13.0. The van der Waals surface area contributed by atoms with Gasteiger partial charge in [-0.2, -0.15) is 0 Å². The largest absolute Gasteiger partial charge is 0.504 e. The van der Waals surface area contributed by atoms with E-state index in [1.807, 2.05) is 0 Å². The molecule has 0 aromatic carbocycles. The monoisotopic (exact) mass is 237 g/mol. The van der Waals surface area contributed by atoms with Gasteiger partial charge >= 0.3 is 5.97 Å². The van der Waals surface area contributed by atoms with Crippen molar-refractivity contribution in [3.63, 3.8) is 0 Å². The van der Waals surface area contributed by atoms with Gasteiger partial charge in [-0.25, -0.2) is 4.79 Å². The van der Waals surface area contributed by atoms with Crippen molar-refractivity contribution >= 4 is 18.0 Å². The summed E-state index contributed by atoms with van der Waals surface area (Å²) in [6.07, 6.45) is 4.06. The molecule has 1 aromatic heterocycles. The van der Waals surface area contributed by atoms with Gasteiger partial charge < -0.3 is 15.5 Å². The van der Waals surface area contributed by atoms with Gasteiger partial charge in [-0.15, -0.1) is 0 Å². The van der Waals surface area contributed by atoms with E-state index in [0.29, 0.717) is 5.69 Å². The van der Waals surface area contributed by atoms with Crippen molar-refractivity contribution in [3.05, 3.63) is 18.5 Å². The zero-order valence-electron chi connectivity index (χ0n) is 9.66. The summed E-state index contributed by atoms with van der Waals surface area (Å²) in [6, 6.07) is 0.762. The average Bonchev–Trinajstić information content (AvgIpc) is 2.25. The second-order valence-electron chi connectivity index (χ2n) is 3.84. The van der Waals surface area contributed by atoms with E-state index >= 15 is 0 Å². The highest BCUT2D eigenvalue weighted by Gasteiger charge is 2.19. The number of carbonyl (C=O) groups is 1. The van der Waals surface area contributed by atoms with E-state index < -0.39 is 12.0 Å². The summed E-state index contributed by atoms with van der Waals surface area (Å²) in [7, 11) is 0. The molecule has 0 aliphatic rings. The molecule has 92 valence electrons. The molecule has 3 N–H and O–H groups in total. The number of carboxylic acids is 1. The molecule has 1 atom stereocenters. The van der Waals surface area contributed by atoms with E-state index in [9.17, 15) is 9.90 Å². The normalized spacial score (nSPS) is 12.9. The number of aromatic hydroxyl groups is 1. The Morgan fingerprint density at radius 1 is 1.59 bits per heavy atom. The highest BCUT2D eigenvalue weighted by Crippen LogP contribution is 2.19. The van der Waals surface area contributed by atoms with Crippen LogP contribution in [-0.4, -0.2) is 33.5 Å². The molecule has 1 heterocycles. The van der Waals surface area contributed by atoms with Crippen LogP contribution in [0.2, 0.25) is 0 Å². The third-order valence-electron chi connectivity index (χ3n) is 2.14. The lowest BCUT2D eigenvalue weighted by Crippen LogP contribution is -2.24. The third-order valence-corrected chi connectivity index (χ3v) is 2.14. The summed E-state index contributed by atoms with van der Waals surface area (Å²) < 4.78 is 0. The second-order valence-corrected chi connectivity index (χ2v) is 3.84. The molecule has 0 saturated carbocycles. The molecule has 0 aliphatic carbocycles. The Hall–Kier alpha value is -2.11. The molecule has 1 aromatic rings. The maximum Gasteiger partial charge on any atom is 0.328 e. The lowest BCUT2D eigenvalue weighted by molar-refractivity contribution is -0.139. The van der Waals surface area contributed by atoms with Crippen LogP contribution in [0, 0.1) is 5.92 Å². The number of nitrogens with zero attached hydrogens (tertiary/aromatic N) is 2. The van der Waals surface area contributed by atoms with Gasteiger partial charge in [0, 0.05) is 6.20 Å². The predicted molar refractivity (Wildman–Crippen MR) is 64.3 cm³/mol. The first-order chi connectivity index (χ1) is 8.02. The zero-order chi connectivity index (χ0) is 12.8. The van der Waals surface area contributed by atoms with Gasteiger partial charge in [0.25, 0.3) is 0 Å². The highest BCUT2D eigenvalue weighted by atomic mass is 16.4. The molecule has 1 rings (SSSR count). The van der Waals surface area contributed by atoms with Crippen LogP contribution < -0.4 is 5.32 Å². The molecule has 6 nitrogen and oxygen atoms in total. The lowest BCUT2D eigenvalue weighted by atomic mass is 10.1. The smallest absolute Gasteiger partial charge is 0.328 e. The Morgan fingerprint density at radius 3 is 2.82 bits per heavy atom. The molecular weight excluding hydrogens is 222 g/mol. The number of nitrogens with one attached hydrogen (secondary N) is 1. The van der Waals surface area contributed by atoms with Crippen LogP contribution in [0.1, 0.15) is 13.8 Å². The molecule has 1 unspecified atom stereocenters. The molecule has 0 spiro atoms. The summed E-state index contributed by atoms with van der Waals surface area (Å²) in [5.41, 5.74) is 0.427. The zero-order valence-corrected chi connectivity index (χ0v) is 9.66. The average molecular weight is 237 g/mol. The number of rotatable bonds is 5. The molecule has 0 amide bonds. The van der Waals surface area contributed by atoms with E-state index in [0.717, 1.165) is 0 Å². The first-order valence-electron chi connectivity index (χ1n) is 5.16. The van der Waals surface area contributed by atoms with Gasteiger partial charge in [-0.1, -0.05) is 13.8 Å². The number of aromatic nitrogens is 1. The van der Waals surface area contributed by atoms with Gasteiger partial charge in [0.15, 0.2) is 11.8 Å². The highest BCUT2D eigenvalue weighted by molar-refractivity contribution is 5.82. The maximum absolute atomic E-state index is 10.8. The first-order valence-corrected chi connectivity index (χ1v) is 5.16. The Labute approximate surface area is 99.0 Å². The second kappa shape index (κ2) is 5.83. The SMILES string of the molecule is CC(C)C(N=CNc1ccncc1O)C(=O)O. The van der Waals surface area contributed by atoms with Crippen LogP contribution in [0.15, 0.2) is 23.5 Å². The number of anilines is 1. The number of aliphatic imine (C=N–C) groups is 1. The summed E-state index contributed by atoms with van der Waals surface area (Å²) >= 11 is 0. The molecule has 17 heavy (non-hydrogen) atoms. The topological polar surface area (TPSA) is 94.8 Å². The van der Waals surface area contributed by atoms with Gasteiger partial charge in [0.2, 0.25) is 0 Å². The van der Waals surface area contributed by atoms with Crippen molar-refractivity contribution in [1.82, 2.24) is 4.98 Å². The van der Waals surface area contributed by atoms with Crippen molar-refractivity contribution in [2.75, 3.05) is 5.32 Å². The minimum absolute atomic E-state index is 0.0182. The number of pyridine rings is 1. The van der Waals surface area contributed by atoms with E-state index in [4.69, 9.17) is 5.11 Å². The van der Waals surface area contributed by atoms with Gasteiger partial charge in [-0.05, 0) is 12.0 Å². The van der Waals surface area contributed by atoms with E-state index in [-0.39, 0.29) is 11.7 Å². The van der Waals surface area contributed by atoms with Crippen LogP contribution in [0.25, 0.3) is 0 Å². The van der Waals surface area contributed by atoms with Crippen LogP contribution in [0.3, 0.4) is 0 Å². The summed E-state index contributed by atoms with van der Waals surface area (Å²) in [5, 5.41) is 21.0. The summed E-state index contributed by atoms with van der Waals surface area (Å²) in [4.78, 5) is 18.5. The molecule has 0 aliphatic heterocycles. The standard InChI is InChI=1S/C11H15N3O3/c1-7(2)10(11(16)17)14-6-13-8-3-4-12-5-9(8)15/h3-7,10,15H,1-2H3,(H,16,17)(H,12,13,14). The number of hydrogen-bond acceptors (Lipinski definition) is 4. The van der Waals surface area contributed by atoms with Crippen molar-refractivity contribution in [1.29, 1.82) is 0 Å². The van der Waals surface area contributed by atoms with E-state index in [2.05, 4.69) is 15.3 Å². The van der Waals surface area contributed by atoms with Gasteiger partial charge in [0.1, 0.15) is 0 Å². The Bertz CT molecular complexity index is 418. The fourth-order valence-electron chi connectivity index (χ4n) is 1.22. The van der Waals surface area contributed by atoms with Crippen molar-refractivity contribution in [2.45, 2.75) is 19.9 Å². The summed E-state index contributed by atoms with van der Waals surface area (Å²) in [6.45, 7) is 3.56. The van der Waals surface area contributed by atoms with Crippen LogP contribution in [0.5, 0.6) is 5.75 Å². The van der Waals surface area contributed by atoms with Crippen LogP contribution in [0.4, 0.5) is 5.69 Å². The van der Waals surface area contributed by atoms with E-state index in [1.165, 1.54) is 18.7 Å². The molecular formula is C11H15N3O3. The maximum atomic E-state index is 10.8. The third kappa shape index (κ3) is 3.75. The number of aliphatic carboxylic acids is 1. The van der Waals surface area contributed by atoms with Crippen LogP contribution in [-0.2, 0) is 4.79 Å². The molecule has 0 saturated heterocycles. The molecule has 0 fully saturated rings. The minimum Gasteiger partial charge on any atom is -0.504 e. The Morgan fingerprint density at radius 2 is 2.29 bits per heavy atom. The summed E-state index contributed by atoms with van der Waals surface area (Å²) in [5.74, 6) is -1.09. The van der Waals surface area contributed by atoms with Crippen molar-refractivity contribution in [3.8, 4) is 5.75 Å². The number of carboxylic acid groups (broad SMARTS) is 1. The van der Waals surface area contributed by atoms with E-state index in [1.54, 1.807) is 19.9 Å². The van der Waals surface area contributed by atoms with Crippen molar-refractivity contribution < 1.29 is 15.0 Å². The fourth-order valence-corrected chi connectivity index (χ4v) is 1.22. The molecule has 0 radical (unpaired) electrons. The Kier molecular flexibility index (Phi) is 4.45. The predicted octanol–water partition coefficient (Wildman–Crippen LogP) is 1.34.